The molecule has 0 radical (unpaired) electrons. The Morgan fingerprint density at radius 2 is 1.96 bits per heavy atom. The molecule has 1 amide bonds. The fourth-order valence-electron chi connectivity index (χ4n) is 3.25. The summed E-state index contributed by atoms with van der Waals surface area (Å²) in [5, 5.41) is 2.96. The summed E-state index contributed by atoms with van der Waals surface area (Å²) in [6.45, 7) is 2.38. The monoisotopic (exact) mass is 328 g/mol. The summed E-state index contributed by atoms with van der Waals surface area (Å²) in [7, 11) is 0. The molecule has 1 aliphatic rings. The highest BCUT2D eigenvalue weighted by Gasteiger charge is 2.32. The van der Waals surface area contributed by atoms with E-state index in [4.69, 9.17) is 5.73 Å². The molecular formula is C17H23F3N2O. The number of rotatable bonds is 5. The molecule has 0 bridgehead atoms. The summed E-state index contributed by atoms with van der Waals surface area (Å²) in [5.74, 6) is 0.223. The standard InChI is InChI=1S/C17H23F3N2O/c1-11(22-16(23)15-4-2-3-13(15)10-21)9-12-5-7-14(8-6-12)17(18,19)20/h5-8,11,13,15H,2-4,9-10,21H2,1H3,(H,22,23)/t11?,13-,15-/m1/s1. The first-order valence-electron chi connectivity index (χ1n) is 7.98. The molecule has 0 saturated heterocycles. The fourth-order valence-corrected chi connectivity index (χ4v) is 3.25. The molecule has 0 aliphatic heterocycles. The minimum Gasteiger partial charge on any atom is -0.353 e. The number of nitrogens with two attached hydrogens (primary N) is 1. The Labute approximate surface area is 134 Å². The molecule has 1 aliphatic carbocycles. The van der Waals surface area contributed by atoms with Gasteiger partial charge in [-0.05, 0) is 56.3 Å². The molecule has 128 valence electrons. The summed E-state index contributed by atoms with van der Waals surface area (Å²) in [6.07, 6.45) is -0.947. The number of hydrogen-bond acceptors (Lipinski definition) is 2. The maximum atomic E-state index is 12.5. The predicted molar refractivity (Wildman–Crippen MR) is 82.6 cm³/mol. The molecule has 0 aromatic heterocycles. The molecule has 1 aromatic carbocycles. The highest BCUT2D eigenvalue weighted by Crippen LogP contribution is 2.31. The average molecular weight is 328 g/mol. The van der Waals surface area contributed by atoms with Gasteiger partial charge in [-0.3, -0.25) is 4.79 Å². The van der Waals surface area contributed by atoms with Crippen LogP contribution in [0.2, 0.25) is 0 Å². The molecule has 23 heavy (non-hydrogen) atoms. The lowest BCUT2D eigenvalue weighted by atomic mass is 9.94. The Hall–Kier alpha value is -1.56. The number of halogens is 3. The zero-order chi connectivity index (χ0) is 17.0. The van der Waals surface area contributed by atoms with E-state index in [1.165, 1.54) is 12.1 Å². The predicted octanol–water partition coefficient (Wildman–Crippen LogP) is 3.13. The van der Waals surface area contributed by atoms with Crippen molar-refractivity contribution in [1.82, 2.24) is 5.32 Å². The van der Waals surface area contributed by atoms with Crippen molar-refractivity contribution in [1.29, 1.82) is 0 Å². The Bertz CT molecular complexity index is 528. The summed E-state index contributed by atoms with van der Waals surface area (Å²) in [4.78, 5) is 12.3. The molecule has 1 fully saturated rings. The van der Waals surface area contributed by atoms with Crippen LogP contribution < -0.4 is 11.1 Å². The zero-order valence-electron chi connectivity index (χ0n) is 13.2. The first kappa shape index (κ1) is 17.8. The van der Waals surface area contributed by atoms with Gasteiger partial charge in [0.05, 0.1) is 5.56 Å². The Balaban J connectivity index is 1.89. The van der Waals surface area contributed by atoms with E-state index in [9.17, 15) is 18.0 Å². The van der Waals surface area contributed by atoms with E-state index in [2.05, 4.69) is 5.32 Å². The lowest BCUT2D eigenvalue weighted by Gasteiger charge is -2.21. The van der Waals surface area contributed by atoms with Gasteiger partial charge >= 0.3 is 6.18 Å². The SMILES string of the molecule is CC(Cc1ccc(C(F)(F)F)cc1)NC(=O)[C@@H]1CCC[C@@H]1CN. The van der Waals surface area contributed by atoms with Gasteiger partial charge in [-0.25, -0.2) is 0 Å². The second-order valence-corrected chi connectivity index (χ2v) is 6.34. The highest BCUT2D eigenvalue weighted by atomic mass is 19.4. The first-order chi connectivity index (χ1) is 10.8. The van der Waals surface area contributed by atoms with E-state index in [1.54, 1.807) is 0 Å². The van der Waals surface area contributed by atoms with E-state index in [0.717, 1.165) is 37.0 Å². The van der Waals surface area contributed by atoms with Crippen LogP contribution in [0.1, 0.15) is 37.3 Å². The summed E-state index contributed by atoms with van der Waals surface area (Å²) >= 11 is 0. The Morgan fingerprint density at radius 1 is 1.30 bits per heavy atom. The summed E-state index contributed by atoms with van der Waals surface area (Å²) in [5.41, 5.74) is 5.81. The van der Waals surface area contributed by atoms with E-state index >= 15 is 0 Å². The maximum absolute atomic E-state index is 12.5. The van der Waals surface area contributed by atoms with Crippen LogP contribution in [0.25, 0.3) is 0 Å². The molecule has 0 spiro atoms. The molecule has 0 heterocycles. The molecule has 1 saturated carbocycles. The molecule has 2 rings (SSSR count). The quantitative estimate of drug-likeness (QED) is 0.872. The minimum atomic E-state index is -4.32. The fraction of sp³-hybridized carbons (Fsp3) is 0.588. The van der Waals surface area contributed by atoms with E-state index < -0.39 is 11.7 Å². The smallest absolute Gasteiger partial charge is 0.353 e. The van der Waals surface area contributed by atoms with Crippen molar-refractivity contribution in [2.75, 3.05) is 6.54 Å². The molecule has 1 unspecified atom stereocenters. The van der Waals surface area contributed by atoms with E-state index in [0.29, 0.717) is 13.0 Å². The number of amides is 1. The van der Waals surface area contributed by atoms with E-state index in [1.807, 2.05) is 6.92 Å². The molecule has 3 atom stereocenters. The van der Waals surface area contributed by atoms with Crippen LogP contribution in [0.4, 0.5) is 13.2 Å². The number of carbonyl (C=O) groups excluding carboxylic acids is 1. The molecule has 6 heteroatoms. The van der Waals surface area contributed by atoms with Gasteiger partial charge in [-0.15, -0.1) is 0 Å². The van der Waals surface area contributed by atoms with Crippen LogP contribution in [0.3, 0.4) is 0 Å². The third-order valence-electron chi connectivity index (χ3n) is 4.51. The highest BCUT2D eigenvalue weighted by molar-refractivity contribution is 5.79. The average Bonchev–Trinajstić information content (AvgIpc) is 2.95. The summed E-state index contributed by atoms with van der Waals surface area (Å²) < 4.78 is 37.6. The van der Waals surface area contributed by atoms with Gasteiger partial charge in [-0.2, -0.15) is 13.2 Å². The van der Waals surface area contributed by atoms with Crippen molar-refractivity contribution in [3.05, 3.63) is 35.4 Å². The maximum Gasteiger partial charge on any atom is 0.416 e. The van der Waals surface area contributed by atoms with Crippen molar-refractivity contribution in [3.63, 3.8) is 0 Å². The van der Waals surface area contributed by atoms with Crippen molar-refractivity contribution in [2.24, 2.45) is 17.6 Å². The molecule has 1 aromatic rings. The van der Waals surface area contributed by atoms with Crippen LogP contribution in [0.5, 0.6) is 0 Å². The first-order valence-corrected chi connectivity index (χ1v) is 7.98. The second-order valence-electron chi connectivity index (χ2n) is 6.34. The molecule has 3 nitrogen and oxygen atoms in total. The number of carbonyl (C=O) groups is 1. The van der Waals surface area contributed by atoms with Crippen LogP contribution in [0.15, 0.2) is 24.3 Å². The largest absolute Gasteiger partial charge is 0.416 e. The molecule has 3 N–H and O–H groups in total. The van der Waals surface area contributed by atoms with Crippen molar-refractivity contribution in [2.45, 2.75) is 44.8 Å². The lowest BCUT2D eigenvalue weighted by Crippen LogP contribution is -2.40. The number of benzene rings is 1. The number of hydrogen-bond donors (Lipinski definition) is 2. The Morgan fingerprint density at radius 3 is 2.52 bits per heavy atom. The van der Waals surface area contributed by atoms with Crippen LogP contribution >= 0.6 is 0 Å². The van der Waals surface area contributed by atoms with Gasteiger partial charge in [0.2, 0.25) is 5.91 Å². The Kier molecular flexibility index (Phi) is 5.68. The van der Waals surface area contributed by atoms with Crippen molar-refractivity contribution >= 4 is 5.91 Å². The van der Waals surface area contributed by atoms with E-state index in [-0.39, 0.29) is 23.8 Å². The van der Waals surface area contributed by atoms with Crippen LogP contribution in [0, 0.1) is 11.8 Å². The van der Waals surface area contributed by atoms with Crippen molar-refractivity contribution in [3.8, 4) is 0 Å². The zero-order valence-corrected chi connectivity index (χ0v) is 13.2. The minimum absolute atomic E-state index is 0.0114. The lowest BCUT2D eigenvalue weighted by molar-refractivity contribution is -0.137. The molecular weight excluding hydrogens is 305 g/mol. The van der Waals surface area contributed by atoms with Gasteiger partial charge < -0.3 is 11.1 Å². The van der Waals surface area contributed by atoms with Gasteiger partial charge in [0.15, 0.2) is 0 Å². The summed E-state index contributed by atoms with van der Waals surface area (Å²) in [6, 6.07) is 4.95. The van der Waals surface area contributed by atoms with Gasteiger partial charge in [0.25, 0.3) is 0 Å². The van der Waals surface area contributed by atoms with Gasteiger partial charge in [0, 0.05) is 12.0 Å². The van der Waals surface area contributed by atoms with Gasteiger partial charge in [0.1, 0.15) is 0 Å². The van der Waals surface area contributed by atoms with Crippen LogP contribution in [-0.2, 0) is 17.4 Å². The second kappa shape index (κ2) is 7.34. The van der Waals surface area contributed by atoms with Crippen molar-refractivity contribution < 1.29 is 18.0 Å². The topological polar surface area (TPSA) is 55.1 Å². The third-order valence-corrected chi connectivity index (χ3v) is 4.51. The van der Waals surface area contributed by atoms with Gasteiger partial charge in [-0.1, -0.05) is 18.6 Å². The van der Waals surface area contributed by atoms with Crippen LogP contribution in [-0.4, -0.2) is 18.5 Å². The number of alkyl halides is 3. The normalized spacial score (nSPS) is 22.8. The third kappa shape index (κ3) is 4.70. The number of nitrogens with one attached hydrogen (secondary N) is 1.